The van der Waals surface area contributed by atoms with Crippen LogP contribution in [0, 0.1) is 0 Å². The van der Waals surface area contributed by atoms with Gasteiger partial charge in [-0.2, -0.15) is 0 Å². The van der Waals surface area contributed by atoms with E-state index < -0.39 is 0 Å². The van der Waals surface area contributed by atoms with Gasteiger partial charge in [0.25, 0.3) is 0 Å². The van der Waals surface area contributed by atoms with E-state index in [4.69, 9.17) is 27.9 Å². The van der Waals surface area contributed by atoms with Gasteiger partial charge >= 0.3 is 5.97 Å². The summed E-state index contributed by atoms with van der Waals surface area (Å²) in [5, 5.41) is 1.33. The smallest absolute Gasteiger partial charge is 0.338 e. The zero-order valence-electron chi connectivity index (χ0n) is 14.0. The minimum atomic E-state index is -0.339. The topological polar surface area (TPSA) is 26.3 Å². The summed E-state index contributed by atoms with van der Waals surface area (Å²) in [7, 11) is 0. The van der Waals surface area contributed by atoms with Gasteiger partial charge in [-0.05, 0) is 54.0 Å². The van der Waals surface area contributed by atoms with E-state index in [1.807, 2.05) is 42.5 Å². The molecule has 0 amide bonds. The molecule has 2 aromatic rings. The van der Waals surface area contributed by atoms with E-state index in [-0.39, 0.29) is 5.97 Å². The lowest BCUT2D eigenvalue weighted by molar-refractivity contribution is -0.138. The third-order valence-corrected chi connectivity index (χ3v) is 3.99. The van der Waals surface area contributed by atoms with Crippen LogP contribution in [0.1, 0.15) is 30.9 Å². The summed E-state index contributed by atoms with van der Waals surface area (Å²) in [5.41, 5.74) is 2.31. The quantitative estimate of drug-likeness (QED) is 0.241. The molecule has 0 atom stereocenters. The van der Waals surface area contributed by atoms with Crippen molar-refractivity contribution < 1.29 is 9.53 Å². The summed E-state index contributed by atoms with van der Waals surface area (Å²) in [6, 6.07) is 14.7. The number of benzene rings is 2. The first-order chi connectivity index (χ1) is 12.1. The molecule has 0 aromatic heterocycles. The number of hydrogen-bond donors (Lipinski definition) is 0. The predicted octanol–water partition coefficient (Wildman–Crippen LogP) is 6.43. The molecule has 0 bridgehead atoms. The second kappa shape index (κ2) is 10.1. The highest BCUT2D eigenvalue weighted by Gasteiger charge is 2.08. The second-order valence-electron chi connectivity index (χ2n) is 5.53. The fraction of sp³-hybridized carbons (Fsp3) is 0.190. The number of hydrogen-bond acceptors (Lipinski definition) is 2. The molecule has 0 fully saturated rings. The predicted molar refractivity (Wildman–Crippen MR) is 106 cm³/mol. The van der Waals surface area contributed by atoms with Crippen molar-refractivity contribution in [1.82, 2.24) is 0 Å². The lowest BCUT2D eigenvalue weighted by Crippen LogP contribution is -2.07. The Morgan fingerprint density at radius 1 is 0.960 bits per heavy atom. The molecule has 2 rings (SSSR count). The molecule has 0 spiro atoms. The molecule has 0 aliphatic heterocycles. The number of carbonyl (C=O) groups is 1. The van der Waals surface area contributed by atoms with Gasteiger partial charge in [0.2, 0.25) is 0 Å². The van der Waals surface area contributed by atoms with Crippen molar-refractivity contribution >= 4 is 41.3 Å². The Hall–Kier alpha value is -2.03. The van der Waals surface area contributed by atoms with Crippen LogP contribution in [0.15, 0.2) is 60.2 Å². The van der Waals surface area contributed by atoms with Gasteiger partial charge in [0, 0.05) is 10.0 Å². The first kappa shape index (κ1) is 19.3. The van der Waals surface area contributed by atoms with Crippen molar-refractivity contribution in [2.75, 3.05) is 6.61 Å². The standard InChI is InChI=1S/C21H20Cl2O2/c1-2-3-14-25-21(24)18(15-17-7-12-20(23)13-8-17)9-4-16-5-10-19(22)11-6-16/h4-13,15H,2-3,14H2,1H3/b9-4+,18-15+. The Morgan fingerprint density at radius 3 is 2.08 bits per heavy atom. The minimum absolute atomic E-state index is 0.339. The fourth-order valence-electron chi connectivity index (χ4n) is 2.07. The highest BCUT2D eigenvalue weighted by molar-refractivity contribution is 6.30. The largest absolute Gasteiger partial charge is 0.462 e. The van der Waals surface area contributed by atoms with Crippen LogP contribution in [0.4, 0.5) is 0 Å². The molecule has 0 radical (unpaired) electrons. The van der Waals surface area contributed by atoms with Gasteiger partial charge in [-0.3, -0.25) is 0 Å². The van der Waals surface area contributed by atoms with Crippen LogP contribution >= 0.6 is 23.2 Å². The van der Waals surface area contributed by atoms with Crippen LogP contribution in [0.25, 0.3) is 12.2 Å². The number of ether oxygens (including phenoxy) is 1. The van der Waals surface area contributed by atoms with Crippen molar-refractivity contribution in [1.29, 1.82) is 0 Å². The van der Waals surface area contributed by atoms with Gasteiger partial charge in [-0.15, -0.1) is 0 Å². The Balaban J connectivity index is 2.22. The van der Waals surface area contributed by atoms with Crippen LogP contribution < -0.4 is 0 Å². The Bertz CT molecular complexity index is 744. The van der Waals surface area contributed by atoms with E-state index in [2.05, 4.69) is 6.92 Å². The number of esters is 1. The molecule has 0 aliphatic carbocycles. The molecular formula is C21H20Cl2O2. The molecule has 4 heteroatoms. The van der Waals surface area contributed by atoms with E-state index in [1.165, 1.54) is 0 Å². The van der Waals surface area contributed by atoms with Crippen LogP contribution in [0.3, 0.4) is 0 Å². The molecule has 0 unspecified atom stereocenters. The molecule has 2 aromatic carbocycles. The minimum Gasteiger partial charge on any atom is -0.462 e. The Labute approximate surface area is 158 Å². The van der Waals surface area contributed by atoms with Gasteiger partial charge < -0.3 is 4.74 Å². The summed E-state index contributed by atoms with van der Waals surface area (Å²) >= 11 is 11.8. The zero-order valence-corrected chi connectivity index (χ0v) is 15.6. The molecule has 0 saturated heterocycles. The van der Waals surface area contributed by atoms with Crippen molar-refractivity contribution in [2.24, 2.45) is 0 Å². The maximum Gasteiger partial charge on any atom is 0.338 e. The monoisotopic (exact) mass is 374 g/mol. The SMILES string of the molecule is CCCCOC(=O)C(/C=C/c1ccc(Cl)cc1)=C/c1ccc(Cl)cc1. The molecule has 130 valence electrons. The van der Waals surface area contributed by atoms with Crippen LogP contribution in [0.2, 0.25) is 10.0 Å². The molecule has 0 aliphatic rings. The van der Waals surface area contributed by atoms with Crippen molar-refractivity contribution in [3.05, 3.63) is 81.4 Å². The Kier molecular flexibility index (Phi) is 7.77. The highest BCUT2D eigenvalue weighted by Crippen LogP contribution is 2.16. The summed E-state index contributed by atoms with van der Waals surface area (Å²) in [4.78, 5) is 12.4. The molecule has 2 nitrogen and oxygen atoms in total. The molecule has 0 N–H and O–H groups in total. The van der Waals surface area contributed by atoms with Crippen LogP contribution in [-0.2, 0) is 9.53 Å². The van der Waals surface area contributed by atoms with Crippen molar-refractivity contribution in [3.8, 4) is 0 Å². The van der Waals surface area contributed by atoms with Gasteiger partial charge in [-0.1, -0.05) is 66.9 Å². The second-order valence-corrected chi connectivity index (χ2v) is 6.40. The van der Waals surface area contributed by atoms with Gasteiger partial charge in [0.15, 0.2) is 0 Å². The van der Waals surface area contributed by atoms with E-state index in [0.717, 1.165) is 24.0 Å². The molecule has 0 heterocycles. The van der Waals surface area contributed by atoms with E-state index >= 15 is 0 Å². The van der Waals surface area contributed by atoms with Gasteiger partial charge in [0.05, 0.1) is 12.2 Å². The molecule has 25 heavy (non-hydrogen) atoms. The number of unbranched alkanes of at least 4 members (excludes halogenated alkanes) is 1. The lowest BCUT2D eigenvalue weighted by Gasteiger charge is -2.05. The molecular weight excluding hydrogens is 355 g/mol. The van der Waals surface area contributed by atoms with E-state index in [1.54, 1.807) is 24.3 Å². The van der Waals surface area contributed by atoms with Crippen LogP contribution in [0.5, 0.6) is 0 Å². The summed E-state index contributed by atoms with van der Waals surface area (Å²) in [6.07, 6.45) is 7.23. The summed E-state index contributed by atoms with van der Waals surface area (Å²) in [6.45, 7) is 2.47. The van der Waals surface area contributed by atoms with Gasteiger partial charge in [0.1, 0.15) is 0 Å². The normalized spacial score (nSPS) is 11.7. The average Bonchev–Trinajstić information content (AvgIpc) is 2.61. The third-order valence-electron chi connectivity index (χ3n) is 3.48. The number of halogens is 2. The van der Waals surface area contributed by atoms with Crippen molar-refractivity contribution in [3.63, 3.8) is 0 Å². The van der Waals surface area contributed by atoms with Crippen LogP contribution in [-0.4, -0.2) is 12.6 Å². The Morgan fingerprint density at radius 2 is 1.52 bits per heavy atom. The molecule has 0 saturated carbocycles. The number of carbonyl (C=O) groups excluding carboxylic acids is 1. The summed E-state index contributed by atoms with van der Waals surface area (Å²) < 4.78 is 5.34. The third kappa shape index (κ3) is 6.77. The lowest BCUT2D eigenvalue weighted by atomic mass is 10.1. The number of rotatable bonds is 7. The highest BCUT2D eigenvalue weighted by atomic mass is 35.5. The zero-order chi connectivity index (χ0) is 18.1. The first-order valence-corrected chi connectivity index (χ1v) is 8.92. The van der Waals surface area contributed by atoms with Gasteiger partial charge in [-0.25, -0.2) is 4.79 Å². The maximum atomic E-state index is 12.4. The maximum absolute atomic E-state index is 12.4. The average molecular weight is 375 g/mol. The summed E-state index contributed by atoms with van der Waals surface area (Å²) in [5.74, 6) is -0.339. The fourth-order valence-corrected chi connectivity index (χ4v) is 2.32. The van der Waals surface area contributed by atoms with Crippen molar-refractivity contribution in [2.45, 2.75) is 19.8 Å². The van der Waals surface area contributed by atoms with E-state index in [0.29, 0.717) is 22.2 Å². The van der Waals surface area contributed by atoms with E-state index in [9.17, 15) is 4.79 Å². The first-order valence-electron chi connectivity index (χ1n) is 8.16.